The van der Waals surface area contributed by atoms with Gasteiger partial charge < -0.3 is 10.6 Å². The van der Waals surface area contributed by atoms with Crippen LogP contribution in [0.25, 0.3) is 0 Å². The molecule has 2 N–H and O–H groups in total. The van der Waals surface area contributed by atoms with Crippen LogP contribution < -0.4 is 5.73 Å². The summed E-state index contributed by atoms with van der Waals surface area (Å²) in [5, 5.41) is 0. The summed E-state index contributed by atoms with van der Waals surface area (Å²) in [6, 6.07) is 0.945. The van der Waals surface area contributed by atoms with E-state index in [4.69, 9.17) is 5.73 Å². The summed E-state index contributed by atoms with van der Waals surface area (Å²) in [6.45, 7) is 5.78. The molecule has 2 saturated carbocycles. The van der Waals surface area contributed by atoms with Gasteiger partial charge in [0.25, 0.3) is 0 Å². The minimum Gasteiger partial charge on any atom is -0.330 e. The predicted octanol–water partition coefficient (Wildman–Crippen LogP) is 1.85. The van der Waals surface area contributed by atoms with Crippen LogP contribution in [0.2, 0.25) is 0 Å². The van der Waals surface area contributed by atoms with Gasteiger partial charge in [0.15, 0.2) is 0 Å². The van der Waals surface area contributed by atoms with Gasteiger partial charge in [0.1, 0.15) is 0 Å². The molecule has 0 bridgehead atoms. The zero-order valence-corrected chi connectivity index (χ0v) is 9.41. The molecule has 14 heavy (non-hydrogen) atoms. The zero-order chi connectivity index (χ0) is 9.97. The number of hydrogen-bond donors (Lipinski definition) is 1. The second kappa shape index (κ2) is 4.63. The summed E-state index contributed by atoms with van der Waals surface area (Å²) in [5.74, 6) is 1.75. The van der Waals surface area contributed by atoms with Gasteiger partial charge >= 0.3 is 0 Å². The highest BCUT2D eigenvalue weighted by Gasteiger charge is 2.33. The van der Waals surface area contributed by atoms with Gasteiger partial charge in [-0.15, -0.1) is 0 Å². The Labute approximate surface area is 87.8 Å². The molecule has 0 aromatic rings. The first-order chi connectivity index (χ1) is 6.79. The molecule has 0 radical (unpaired) electrons. The number of nitrogens with two attached hydrogens (primary N) is 1. The molecule has 2 fully saturated rings. The first kappa shape index (κ1) is 10.4. The fourth-order valence-electron chi connectivity index (χ4n) is 2.00. The van der Waals surface area contributed by atoms with Gasteiger partial charge in [-0.1, -0.05) is 6.92 Å². The number of rotatable bonds is 7. The summed E-state index contributed by atoms with van der Waals surface area (Å²) >= 11 is 0. The molecular weight excluding hydrogens is 172 g/mol. The van der Waals surface area contributed by atoms with Gasteiger partial charge in [0.05, 0.1) is 0 Å². The van der Waals surface area contributed by atoms with E-state index in [9.17, 15) is 0 Å². The van der Waals surface area contributed by atoms with E-state index in [1.165, 1.54) is 45.2 Å². The molecule has 82 valence electrons. The smallest absolute Gasteiger partial charge is 0.00965 e. The summed E-state index contributed by atoms with van der Waals surface area (Å²) in [5.41, 5.74) is 5.65. The van der Waals surface area contributed by atoms with Crippen molar-refractivity contribution in [1.29, 1.82) is 0 Å². The number of nitrogens with zero attached hydrogens (tertiary/aromatic N) is 1. The molecule has 2 aliphatic carbocycles. The Morgan fingerprint density at radius 2 is 2.00 bits per heavy atom. The molecule has 1 unspecified atom stereocenters. The van der Waals surface area contributed by atoms with Crippen molar-refractivity contribution in [3.05, 3.63) is 0 Å². The quantitative estimate of drug-likeness (QED) is 0.673. The SMILES string of the molecule is CC(CN)CCN(CC1CC1)C1CC1. The molecule has 2 aliphatic rings. The summed E-state index contributed by atoms with van der Waals surface area (Å²) in [6.07, 6.45) is 7.15. The van der Waals surface area contributed by atoms with E-state index in [0.717, 1.165) is 18.5 Å². The third kappa shape index (κ3) is 3.25. The second-order valence-electron chi connectivity index (χ2n) is 5.30. The standard InChI is InChI=1S/C12H24N2/c1-10(8-13)6-7-14(12-4-5-12)9-11-2-3-11/h10-12H,2-9,13H2,1H3. The van der Waals surface area contributed by atoms with E-state index < -0.39 is 0 Å². The number of hydrogen-bond acceptors (Lipinski definition) is 2. The van der Waals surface area contributed by atoms with Crippen molar-refractivity contribution < 1.29 is 0 Å². The Balaban J connectivity index is 1.67. The summed E-state index contributed by atoms with van der Waals surface area (Å²) in [4.78, 5) is 2.73. The third-order valence-electron chi connectivity index (χ3n) is 3.56. The maximum Gasteiger partial charge on any atom is 0.00965 e. The molecular formula is C12H24N2. The van der Waals surface area contributed by atoms with Crippen LogP contribution in [0.4, 0.5) is 0 Å². The lowest BCUT2D eigenvalue weighted by molar-refractivity contribution is 0.236. The van der Waals surface area contributed by atoms with Crippen LogP contribution in [0.15, 0.2) is 0 Å². The van der Waals surface area contributed by atoms with Crippen molar-refractivity contribution in [2.45, 2.75) is 45.1 Å². The molecule has 1 atom stereocenters. The van der Waals surface area contributed by atoms with Crippen molar-refractivity contribution in [3.63, 3.8) is 0 Å². The third-order valence-corrected chi connectivity index (χ3v) is 3.56. The van der Waals surface area contributed by atoms with Crippen LogP contribution in [0.1, 0.15) is 39.0 Å². The predicted molar refractivity (Wildman–Crippen MR) is 60.2 cm³/mol. The van der Waals surface area contributed by atoms with Gasteiger partial charge in [0, 0.05) is 12.6 Å². The van der Waals surface area contributed by atoms with Crippen molar-refractivity contribution >= 4 is 0 Å². The molecule has 2 rings (SSSR count). The lowest BCUT2D eigenvalue weighted by Crippen LogP contribution is -2.31. The molecule has 0 saturated heterocycles. The van der Waals surface area contributed by atoms with Crippen LogP contribution in [0.5, 0.6) is 0 Å². The molecule has 0 aliphatic heterocycles. The van der Waals surface area contributed by atoms with E-state index in [0.29, 0.717) is 5.92 Å². The second-order valence-corrected chi connectivity index (χ2v) is 5.30. The van der Waals surface area contributed by atoms with Crippen LogP contribution in [0, 0.1) is 11.8 Å². The maximum absolute atomic E-state index is 5.65. The zero-order valence-electron chi connectivity index (χ0n) is 9.41. The van der Waals surface area contributed by atoms with E-state index in [-0.39, 0.29) is 0 Å². The molecule has 0 heterocycles. The lowest BCUT2D eigenvalue weighted by Gasteiger charge is -2.23. The van der Waals surface area contributed by atoms with E-state index in [1.807, 2.05) is 0 Å². The molecule has 0 spiro atoms. The van der Waals surface area contributed by atoms with Gasteiger partial charge in [-0.2, -0.15) is 0 Å². The van der Waals surface area contributed by atoms with Crippen molar-refractivity contribution in [2.75, 3.05) is 19.6 Å². The van der Waals surface area contributed by atoms with Crippen molar-refractivity contribution in [1.82, 2.24) is 4.90 Å². The first-order valence-corrected chi connectivity index (χ1v) is 6.23. The summed E-state index contributed by atoms with van der Waals surface area (Å²) in [7, 11) is 0. The van der Waals surface area contributed by atoms with Crippen molar-refractivity contribution in [3.8, 4) is 0 Å². The van der Waals surface area contributed by atoms with Gasteiger partial charge in [-0.05, 0) is 57.0 Å². The van der Waals surface area contributed by atoms with Gasteiger partial charge in [-0.25, -0.2) is 0 Å². The molecule has 2 heteroatoms. The van der Waals surface area contributed by atoms with Crippen LogP contribution in [0.3, 0.4) is 0 Å². The van der Waals surface area contributed by atoms with E-state index in [1.54, 1.807) is 0 Å². The first-order valence-electron chi connectivity index (χ1n) is 6.23. The molecule has 2 nitrogen and oxygen atoms in total. The molecule has 0 amide bonds. The monoisotopic (exact) mass is 196 g/mol. The average Bonchev–Trinajstić information content (AvgIpc) is 3.02. The van der Waals surface area contributed by atoms with Crippen LogP contribution in [-0.2, 0) is 0 Å². The Bertz CT molecular complexity index is 173. The Morgan fingerprint density at radius 1 is 1.29 bits per heavy atom. The Kier molecular flexibility index (Phi) is 3.45. The highest BCUT2D eigenvalue weighted by atomic mass is 15.2. The van der Waals surface area contributed by atoms with Crippen LogP contribution in [-0.4, -0.2) is 30.6 Å². The van der Waals surface area contributed by atoms with Gasteiger partial charge in [0.2, 0.25) is 0 Å². The fourth-order valence-corrected chi connectivity index (χ4v) is 2.00. The Hall–Kier alpha value is -0.0800. The largest absolute Gasteiger partial charge is 0.330 e. The Morgan fingerprint density at radius 3 is 2.50 bits per heavy atom. The lowest BCUT2D eigenvalue weighted by atomic mass is 10.1. The topological polar surface area (TPSA) is 29.3 Å². The normalized spacial score (nSPS) is 24.2. The minimum absolute atomic E-state index is 0.704. The van der Waals surface area contributed by atoms with Crippen molar-refractivity contribution in [2.24, 2.45) is 17.6 Å². The highest BCUT2D eigenvalue weighted by Crippen LogP contribution is 2.34. The highest BCUT2D eigenvalue weighted by molar-refractivity contribution is 4.88. The van der Waals surface area contributed by atoms with Gasteiger partial charge in [-0.3, -0.25) is 0 Å². The summed E-state index contributed by atoms with van der Waals surface area (Å²) < 4.78 is 0. The molecule has 0 aromatic carbocycles. The van der Waals surface area contributed by atoms with E-state index in [2.05, 4.69) is 11.8 Å². The van der Waals surface area contributed by atoms with Crippen LogP contribution >= 0.6 is 0 Å². The molecule has 0 aromatic heterocycles. The van der Waals surface area contributed by atoms with E-state index >= 15 is 0 Å². The fraction of sp³-hybridized carbons (Fsp3) is 1.00. The minimum atomic E-state index is 0.704. The average molecular weight is 196 g/mol. The maximum atomic E-state index is 5.65.